The maximum atomic E-state index is 13.9. The van der Waals surface area contributed by atoms with Crippen molar-refractivity contribution in [2.75, 3.05) is 5.73 Å². The zero-order valence-corrected chi connectivity index (χ0v) is 12.9. The molecule has 2 aromatic heterocycles. The first-order valence-corrected chi connectivity index (χ1v) is 7.20. The number of rotatable bonds is 3. The molecule has 0 aliphatic heterocycles. The van der Waals surface area contributed by atoms with E-state index in [1.54, 1.807) is 6.07 Å². The van der Waals surface area contributed by atoms with Gasteiger partial charge in [-0.1, -0.05) is 18.2 Å². The first kappa shape index (κ1) is 17.1. The van der Waals surface area contributed by atoms with Crippen LogP contribution < -0.4 is 5.73 Å². The summed E-state index contributed by atoms with van der Waals surface area (Å²) < 4.78 is 54.2. The molecule has 0 aliphatic rings. The van der Waals surface area contributed by atoms with Crippen LogP contribution in [0.15, 0.2) is 24.3 Å². The highest BCUT2D eigenvalue weighted by Gasteiger charge is 2.37. The van der Waals surface area contributed by atoms with Gasteiger partial charge >= 0.3 is 6.18 Å². The van der Waals surface area contributed by atoms with Gasteiger partial charge in [-0.25, -0.2) is 19.3 Å². The molecule has 3 aromatic rings. The Kier molecular flexibility index (Phi) is 4.07. The van der Waals surface area contributed by atoms with Crippen molar-refractivity contribution in [2.24, 2.45) is 0 Å². The van der Waals surface area contributed by atoms with Gasteiger partial charge in [-0.15, -0.1) is 0 Å². The SMILES string of the molecule is CC(O)c1nc(C(F)(F)F)nc2c1nc(N)n2Cc1ccccc1F. The van der Waals surface area contributed by atoms with Crippen LogP contribution in [0.3, 0.4) is 0 Å². The van der Waals surface area contributed by atoms with Crippen molar-refractivity contribution >= 4 is 17.1 Å². The minimum atomic E-state index is -4.82. The van der Waals surface area contributed by atoms with Gasteiger partial charge in [-0.3, -0.25) is 4.57 Å². The van der Waals surface area contributed by atoms with E-state index in [1.807, 2.05) is 0 Å². The Morgan fingerprint density at radius 2 is 1.88 bits per heavy atom. The standard InChI is InChI=1S/C15H13F4N5O/c1-7(25)10-11-12(23-13(21-10)15(17,18)19)24(14(20)22-11)6-8-4-2-3-5-9(8)16/h2-5,7,25H,6H2,1H3,(H2,20,22). The van der Waals surface area contributed by atoms with Gasteiger partial charge in [0.2, 0.25) is 11.8 Å². The molecule has 0 saturated carbocycles. The molecule has 2 heterocycles. The van der Waals surface area contributed by atoms with E-state index in [0.717, 1.165) is 4.57 Å². The Bertz CT molecular complexity index is 936. The third kappa shape index (κ3) is 3.12. The molecular formula is C15H13F4N5O. The molecule has 1 aromatic carbocycles. The number of nitrogens with zero attached hydrogens (tertiary/aromatic N) is 4. The summed E-state index contributed by atoms with van der Waals surface area (Å²) in [5, 5.41) is 9.74. The van der Waals surface area contributed by atoms with Crippen LogP contribution in [0.1, 0.15) is 30.1 Å². The van der Waals surface area contributed by atoms with Crippen LogP contribution in [0.5, 0.6) is 0 Å². The van der Waals surface area contributed by atoms with Crippen molar-refractivity contribution < 1.29 is 22.7 Å². The number of anilines is 1. The van der Waals surface area contributed by atoms with Crippen LogP contribution in [0.2, 0.25) is 0 Å². The summed E-state index contributed by atoms with van der Waals surface area (Å²) in [5.74, 6) is -2.12. The summed E-state index contributed by atoms with van der Waals surface area (Å²) in [7, 11) is 0. The zero-order valence-electron chi connectivity index (χ0n) is 12.9. The second-order valence-electron chi connectivity index (χ2n) is 5.43. The highest BCUT2D eigenvalue weighted by Crippen LogP contribution is 2.31. The summed E-state index contributed by atoms with van der Waals surface area (Å²) in [5.41, 5.74) is 5.41. The minimum absolute atomic E-state index is 0.0585. The molecule has 0 fully saturated rings. The molecule has 10 heteroatoms. The highest BCUT2D eigenvalue weighted by molar-refractivity contribution is 5.77. The van der Waals surface area contributed by atoms with Gasteiger partial charge < -0.3 is 10.8 Å². The number of aromatic nitrogens is 4. The van der Waals surface area contributed by atoms with E-state index in [2.05, 4.69) is 15.0 Å². The smallest absolute Gasteiger partial charge is 0.387 e. The minimum Gasteiger partial charge on any atom is -0.387 e. The second kappa shape index (κ2) is 5.96. The average molecular weight is 355 g/mol. The van der Waals surface area contributed by atoms with E-state index in [-0.39, 0.29) is 34.9 Å². The lowest BCUT2D eigenvalue weighted by Crippen LogP contribution is -2.15. The van der Waals surface area contributed by atoms with Crippen LogP contribution in [0, 0.1) is 5.82 Å². The number of fused-ring (bicyclic) bond motifs is 1. The van der Waals surface area contributed by atoms with Gasteiger partial charge in [0.15, 0.2) is 5.65 Å². The van der Waals surface area contributed by atoms with Gasteiger partial charge in [0.25, 0.3) is 0 Å². The van der Waals surface area contributed by atoms with E-state index < -0.39 is 23.9 Å². The monoisotopic (exact) mass is 355 g/mol. The van der Waals surface area contributed by atoms with Crippen molar-refractivity contribution in [3.8, 4) is 0 Å². The number of hydrogen-bond donors (Lipinski definition) is 2. The summed E-state index contributed by atoms with van der Waals surface area (Å²) in [6, 6.07) is 5.78. The molecule has 1 atom stereocenters. The Morgan fingerprint density at radius 3 is 2.48 bits per heavy atom. The van der Waals surface area contributed by atoms with Gasteiger partial charge in [0.1, 0.15) is 17.0 Å². The average Bonchev–Trinajstić information content (AvgIpc) is 2.83. The van der Waals surface area contributed by atoms with E-state index in [0.29, 0.717) is 0 Å². The van der Waals surface area contributed by atoms with Crippen molar-refractivity contribution in [1.29, 1.82) is 0 Å². The summed E-state index contributed by atoms with van der Waals surface area (Å²) in [6.45, 7) is 1.09. The van der Waals surface area contributed by atoms with E-state index in [4.69, 9.17) is 5.73 Å². The normalized spacial score (nSPS) is 13.4. The quantitative estimate of drug-likeness (QED) is 0.705. The molecule has 25 heavy (non-hydrogen) atoms. The van der Waals surface area contributed by atoms with Crippen molar-refractivity contribution in [3.63, 3.8) is 0 Å². The van der Waals surface area contributed by atoms with Crippen LogP contribution in [0.25, 0.3) is 11.2 Å². The Hall–Kier alpha value is -2.75. The van der Waals surface area contributed by atoms with Crippen LogP contribution in [0.4, 0.5) is 23.5 Å². The predicted molar refractivity (Wildman–Crippen MR) is 80.9 cm³/mol. The van der Waals surface area contributed by atoms with Crippen molar-refractivity contribution in [1.82, 2.24) is 19.5 Å². The van der Waals surface area contributed by atoms with E-state index in [1.165, 1.54) is 25.1 Å². The lowest BCUT2D eigenvalue weighted by Gasteiger charge is -2.11. The van der Waals surface area contributed by atoms with E-state index in [9.17, 15) is 22.7 Å². The molecule has 6 nitrogen and oxygen atoms in total. The Balaban J connectivity index is 2.24. The lowest BCUT2D eigenvalue weighted by molar-refractivity contribution is -0.145. The molecule has 0 amide bonds. The van der Waals surface area contributed by atoms with Crippen molar-refractivity contribution in [3.05, 3.63) is 47.2 Å². The number of halogens is 4. The second-order valence-corrected chi connectivity index (χ2v) is 5.43. The molecule has 132 valence electrons. The number of nitrogens with two attached hydrogens (primary N) is 1. The molecule has 0 spiro atoms. The maximum Gasteiger partial charge on any atom is 0.451 e. The van der Waals surface area contributed by atoms with Gasteiger partial charge in [-0.2, -0.15) is 13.2 Å². The first-order valence-electron chi connectivity index (χ1n) is 7.20. The first-order chi connectivity index (χ1) is 11.7. The predicted octanol–water partition coefficient (Wildman–Crippen LogP) is 2.67. The van der Waals surface area contributed by atoms with E-state index >= 15 is 0 Å². The maximum absolute atomic E-state index is 13.9. The van der Waals surface area contributed by atoms with Gasteiger partial charge in [0.05, 0.1) is 12.6 Å². The number of aliphatic hydroxyl groups is 1. The summed E-state index contributed by atoms with van der Waals surface area (Å²) >= 11 is 0. The molecule has 1 unspecified atom stereocenters. The summed E-state index contributed by atoms with van der Waals surface area (Å²) in [6.07, 6.45) is -6.14. The molecule has 0 radical (unpaired) electrons. The fourth-order valence-corrected chi connectivity index (χ4v) is 2.41. The third-order valence-electron chi connectivity index (χ3n) is 3.59. The number of aliphatic hydroxyl groups excluding tert-OH is 1. The Labute approximate surface area is 139 Å². The van der Waals surface area contributed by atoms with Gasteiger partial charge in [-0.05, 0) is 13.0 Å². The number of nitrogen functional groups attached to an aromatic ring is 1. The molecule has 0 saturated heterocycles. The summed E-state index contributed by atoms with van der Waals surface area (Å²) in [4.78, 5) is 10.8. The topological polar surface area (TPSA) is 89.8 Å². The fraction of sp³-hybridized carbons (Fsp3) is 0.267. The number of benzene rings is 1. The number of hydrogen-bond acceptors (Lipinski definition) is 5. The largest absolute Gasteiger partial charge is 0.451 e. The molecule has 3 N–H and O–H groups in total. The molecule has 3 rings (SSSR count). The number of alkyl halides is 3. The fourth-order valence-electron chi connectivity index (χ4n) is 2.41. The van der Waals surface area contributed by atoms with Crippen molar-refractivity contribution in [2.45, 2.75) is 25.7 Å². The Morgan fingerprint density at radius 1 is 1.20 bits per heavy atom. The molecule has 0 aliphatic carbocycles. The lowest BCUT2D eigenvalue weighted by atomic mass is 10.2. The third-order valence-corrected chi connectivity index (χ3v) is 3.59. The highest BCUT2D eigenvalue weighted by atomic mass is 19.4. The molecule has 0 bridgehead atoms. The van der Waals surface area contributed by atoms with Crippen LogP contribution in [-0.4, -0.2) is 24.6 Å². The van der Waals surface area contributed by atoms with Gasteiger partial charge in [0, 0.05) is 5.56 Å². The zero-order chi connectivity index (χ0) is 18.4. The van der Waals surface area contributed by atoms with Crippen LogP contribution in [-0.2, 0) is 12.7 Å². The number of imidazole rings is 1. The molecular weight excluding hydrogens is 342 g/mol. The van der Waals surface area contributed by atoms with Crippen LogP contribution >= 0.6 is 0 Å².